The van der Waals surface area contributed by atoms with E-state index in [2.05, 4.69) is 19.2 Å². The van der Waals surface area contributed by atoms with Gasteiger partial charge in [0.15, 0.2) is 0 Å². The summed E-state index contributed by atoms with van der Waals surface area (Å²) in [5.74, 6) is -0.195. The highest BCUT2D eigenvalue weighted by Gasteiger charge is 2.26. The maximum atomic E-state index is 12.6. The Morgan fingerprint density at radius 1 is 0.711 bits per heavy atom. The van der Waals surface area contributed by atoms with Crippen LogP contribution in [0.15, 0.2) is 12.2 Å². The molecule has 268 valence electrons. The highest BCUT2D eigenvalue weighted by atomic mass is 31.2. The Hall–Kier alpha value is -0.760. The lowest BCUT2D eigenvalue weighted by Gasteiger charge is -2.23. The van der Waals surface area contributed by atoms with Gasteiger partial charge >= 0.3 is 7.82 Å². The molecule has 0 aliphatic rings. The molecule has 0 aromatic carbocycles. The molecular formula is C36H73N2O6P. The number of amides is 1. The van der Waals surface area contributed by atoms with E-state index in [1.54, 1.807) is 6.08 Å². The number of nitrogens with one attached hydrogen (secondary N) is 1. The fourth-order valence-corrected chi connectivity index (χ4v) is 6.24. The first-order chi connectivity index (χ1) is 21.9. The van der Waals surface area contributed by atoms with Crippen LogP contribution < -0.4 is 11.1 Å². The number of hydrogen-bond acceptors (Lipinski definition) is 6. The molecule has 9 heteroatoms. The SMILES string of the molecule is CCCCCCCCCCCCCCC/C=C/C(O)C(COP(=O)(O)OCCN)NC(=O)CCCCCCCCCCCCC. The molecule has 1 amide bonds. The van der Waals surface area contributed by atoms with Gasteiger partial charge in [-0.05, 0) is 19.3 Å². The van der Waals surface area contributed by atoms with Crippen molar-refractivity contribution in [1.82, 2.24) is 5.32 Å². The molecule has 0 saturated carbocycles. The molecule has 0 bridgehead atoms. The number of carbonyl (C=O) groups is 1. The molecule has 0 fully saturated rings. The summed E-state index contributed by atoms with van der Waals surface area (Å²) in [6.07, 6.45) is 33.9. The summed E-state index contributed by atoms with van der Waals surface area (Å²) in [7, 11) is -4.32. The van der Waals surface area contributed by atoms with Gasteiger partial charge in [0.2, 0.25) is 5.91 Å². The summed E-state index contributed by atoms with van der Waals surface area (Å²) in [6.45, 7) is 4.12. The Bertz CT molecular complexity index is 724. The standard InChI is InChI=1S/C36H73N2O6P/c1-3-5-7-9-11-13-15-16-17-18-20-21-23-25-27-29-35(39)34(33-44-45(41,42)43-32-31-37)38-36(40)30-28-26-24-22-19-14-12-10-8-6-4-2/h27,29,34-35,39H,3-26,28,30-33,37H2,1-2H3,(H,38,40)(H,41,42)/b29-27+. The summed E-state index contributed by atoms with van der Waals surface area (Å²) < 4.78 is 22.0. The molecule has 5 N–H and O–H groups in total. The predicted octanol–water partition coefficient (Wildman–Crippen LogP) is 9.66. The average Bonchev–Trinajstić information content (AvgIpc) is 3.02. The van der Waals surface area contributed by atoms with Crippen LogP contribution in [0.5, 0.6) is 0 Å². The third-order valence-corrected chi connectivity index (χ3v) is 9.35. The highest BCUT2D eigenvalue weighted by molar-refractivity contribution is 7.47. The molecule has 0 rings (SSSR count). The number of phosphoric acid groups is 1. The fourth-order valence-electron chi connectivity index (χ4n) is 5.48. The molecule has 3 unspecified atom stereocenters. The number of nitrogens with two attached hydrogens (primary N) is 1. The van der Waals surface area contributed by atoms with Gasteiger partial charge in [0.1, 0.15) is 0 Å². The number of unbranched alkanes of at least 4 members (excludes halogenated alkanes) is 23. The number of aliphatic hydroxyl groups excluding tert-OH is 1. The maximum absolute atomic E-state index is 12.6. The summed E-state index contributed by atoms with van der Waals surface area (Å²) in [5, 5.41) is 13.6. The van der Waals surface area contributed by atoms with Gasteiger partial charge in [0.05, 0.1) is 25.4 Å². The van der Waals surface area contributed by atoms with Gasteiger partial charge in [-0.2, -0.15) is 0 Å². The molecule has 0 aromatic rings. The van der Waals surface area contributed by atoms with E-state index in [0.29, 0.717) is 6.42 Å². The summed E-state index contributed by atoms with van der Waals surface area (Å²) in [6, 6.07) is -0.852. The minimum Gasteiger partial charge on any atom is -0.387 e. The Morgan fingerprint density at radius 3 is 1.58 bits per heavy atom. The van der Waals surface area contributed by atoms with Crippen LogP contribution in [0.25, 0.3) is 0 Å². The molecule has 0 aliphatic heterocycles. The van der Waals surface area contributed by atoms with Gasteiger partial charge in [-0.3, -0.25) is 13.8 Å². The average molecular weight is 661 g/mol. The zero-order valence-electron chi connectivity index (χ0n) is 29.4. The highest BCUT2D eigenvalue weighted by Crippen LogP contribution is 2.43. The first-order valence-corrected chi connectivity index (χ1v) is 20.3. The minimum absolute atomic E-state index is 0.0809. The number of phosphoric ester groups is 1. The smallest absolute Gasteiger partial charge is 0.387 e. The second-order valence-electron chi connectivity index (χ2n) is 12.8. The maximum Gasteiger partial charge on any atom is 0.472 e. The number of rotatable bonds is 35. The molecule has 0 spiro atoms. The second-order valence-corrected chi connectivity index (χ2v) is 14.2. The van der Waals surface area contributed by atoms with E-state index in [0.717, 1.165) is 38.5 Å². The Labute approximate surface area is 277 Å². The van der Waals surface area contributed by atoms with E-state index in [1.807, 2.05) is 6.08 Å². The van der Waals surface area contributed by atoms with E-state index in [9.17, 15) is 19.4 Å². The molecule has 3 atom stereocenters. The van der Waals surface area contributed by atoms with Gasteiger partial charge in [-0.25, -0.2) is 4.57 Å². The van der Waals surface area contributed by atoms with Crippen molar-refractivity contribution in [3.8, 4) is 0 Å². The van der Waals surface area contributed by atoms with Crippen LogP contribution in [-0.4, -0.2) is 47.8 Å². The van der Waals surface area contributed by atoms with Gasteiger partial charge < -0.3 is 21.1 Å². The molecular weight excluding hydrogens is 587 g/mol. The molecule has 8 nitrogen and oxygen atoms in total. The van der Waals surface area contributed by atoms with Crippen LogP contribution in [0.4, 0.5) is 0 Å². The quantitative estimate of drug-likeness (QED) is 0.0302. The number of aliphatic hydroxyl groups is 1. The molecule has 0 radical (unpaired) electrons. The zero-order chi connectivity index (χ0) is 33.3. The fraction of sp³-hybridized carbons (Fsp3) is 0.917. The van der Waals surface area contributed by atoms with Crippen molar-refractivity contribution in [2.24, 2.45) is 5.73 Å². The first-order valence-electron chi connectivity index (χ1n) is 18.8. The third kappa shape index (κ3) is 31.6. The van der Waals surface area contributed by atoms with Gasteiger partial charge in [0.25, 0.3) is 0 Å². The van der Waals surface area contributed by atoms with E-state index in [-0.39, 0.29) is 25.7 Å². The molecule has 0 saturated heterocycles. The van der Waals surface area contributed by atoms with Crippen molar-refractivity contribution < 1.29 is 28.4 Å². The topological polar surface area (TPSA) is 131 Å². The lowest BCUT2D eigenvalue weighted by Crippen LogP contribution is -2.45. The van der Waals surface area contributed by atoms with Crippen molar-refractivity contribution in [2.45, 2.75) is 193 Å². The van der Waals surface area contributed by atoms with E-state index >= 15 is 0 Å². The molecule has 0 heterocycles. The predicted molar refractivity (Wildman–Crippen MR) is 189 cm³/mol. The van der Waals surface area contributed by atoms with Gasteiger partial charge in [-0.15, -0.1) is 0 Å². The Kier molecular flexibility index (Phi) is 32.6. The first kappa shape index (κ1) is 44.2. The largest absolute Gasteiger partial charge is 0.472 e. The number of carbonyl (C=O) groups excluding carboxylic acids is 1. The number of hydrogen-bond donors (Lipinski definition) is 4. The lowest BCUT2D eigenvalue weighted by molar-refractivity contribution is -0.123. The Morgan fingerprint density at radius 2 is 1.13 bits per heavy atom. The normalized spacial score (nSPS) is 14.5. The van der Waals surface area contributed by atoms with Crippen LogP contribution in [0.1, 0.15) is 181 Å². The van der Waals surface area contributed by atoms with Crippen molar-refractivity contribution in [3.63, 3.8) is 0 Å². The second kappa shape index (κ2) is 33.2. The lowest BCUT2D eigenvalue weighted by atomic mass is 10.0. The minimum atomic E-state index is -4.32. The van der Waals surface area contributed by atoms with Crippen LogP contribution in [0.3, 0.4) is 0 Å². The van der Waals surface area contributed by atoms with Gasteiger partial charge in [-0.1, -0.05) is 167 Å². The Balaban J connectivity index is 4.31. The van der Waals surface area contributed by atoms with Crippen molar-refractivity contribution in [1.29, 1.82) is 0 Å². The van der Waals surface area contributed by atoms with Gasteiger partial charge in [0, 0.05) is 13.0 Å². The summed E-state index contributed by atoms with van der Waals surface area (Å²) in [5.41, 5.74) is 5.35. The van der Waals surface area contributed by atoms with Crippen LogP contribution in [0, 0.1) is 0 Å². The molecule has 45 heavy (non-hydrogen) atoms. The van der Waals surface area contributed by atoms with Crippen LogP contribution in [-0.2, 0) is 18.4 Å². The molecule has 0 aliphatic carbocycles. The van der Waals surface area contributed by atoms with E-state index < -0.39 is 20.0 Å². The van der Waals surface area contributed by atoms with Crippen molar-refractivity contribution in [3.05, 3.63) is 12.2 Å². The third-order valence-electron chi connectivity index (χ3n) is 8.36. The summed E-state index contributed by atoms with van der Waals surface area (Å²) in [4.78, 5) is 22.5. The van der Waals surface area contributed by atoms with Crippen molar-refractivity contribution >= 4 is 13.7 Å². The van der Waals surface area contributed by atoms with Crippen molar-refractivity contribution in [2.75, 3.05) is 19.8 Å². The van der Waals surface area contributed by atoms with E-state index in [1.165, 1.54) is 122 Å². The van der Waals surface area contributed by atoms with E-state index in [4.69, 9.17) is 14.8 Å². The zero-order valence-corrected chi connectivity index (χ0v) is 30.3. The summed E-state index contributed by atoms with van der Waals surface area (Å²) >= 11 is 0. The molecule has 0 aromatic heterocycles. The number of allylic oxidation sites excluding steroid dienone is 1. The monoisotopic (exact) mass is 661 g/mol. The van der Waals surface area contributed by atoms with Crippen LogP contribution in [0.2, 0.25) is 0 Å². The van der Waals surface area contributed by atoms with Crippen LogP contribution >= 0.6 is 7.82 Å².